The normalized spacial score (nSPS) is 15.1. The van der Waals surface area contributed by atoms with Gasteiger partial charge in [-0.3, -0.25) is 4.55 Å². The summed E-state index contributed by atoms with van der Waals surface area (Å²) < 4.78 is 32.0. The van der Waals surface area contributed by atoms with Crippen LogP contribution in [0.1, 0.15) is 24.0 Å². The van der Waals surface area contributed by atoms with Crippen LogP contribution in [0.3, 0.4) is 0 Å². The van der Waals surface area contributed by atoms with Crippen LogP contribution in [0.4, 0.5) is 0 Å². The Balaban J connectivity index is 1.87. The van der Waals surface area contributed by atoms with E-state index in [1.165, 1.54) is 11.1 Å². The van der Waals surface area contributed by atoms with Crippen molar-refractivity contribution in [2.75, 3.05) is 18.8 Å². The van der Waals surface area contributed by atoms with Crippen molar-refractivity contribution in [1.29, 1.82) is 0 Å². The van der Waals surface area contributed by atoms with Crippen LogP contribution in [0.15, 0.2) is 24.3 Å². The molecule has 0 amide bonds. The zero-order valence-corrected chi connectivity index (χ0v) is 11.1. The van der Waals surface area contributed by atoms with Gasteiger partial charge in [0.1, 0.15) is 13.1 Å². The highest BCUT2D eigenvalue weighted by Gasteiger charge is 2.15. The fourth-order valence-electron chi connectivity index (χ4n) is 2.19. The molecule has 0 bridgehead atoms. The second-order valence-electron chi connectivity index (χ2n) is 4.61. The van der Waals surface area contributed by atoms with Gasteiger partial charge in [0.2, 0.25) is 0 Å². The predicted molar refractivity (Wildman–Crippen MR) is 71.0 cm³/mol. The largest absolute Gasteiger partial charge is 0.286 e. The molecular formula is C13H18NO3S+. The quantitative estimate of drug-likeness (QED) is 0.498. The Morgan fingerprint density at radius 1 is 1.22 bits per heavy atom. The van der Waals surface area contributed by atoms with Crippen molar-refractivity contribution in [2.45, 2.75) is 19.3 Å². The van der Waals surface area contributed by atoms with Crippen LogP contribution >= 0.6 is 0 Å². The monoisotopic (exact) mass is 268 g/mol. The van der Waals surface area contributed by atoms with E-state index >= 15 is 0 Å². The second kappa shape index (κ2) is 5.63. The van der Waals surface area contributed by atoms with E-state index in [-0.39, 0.29) is 5.75 Å². The van der Waals surface area contributed by atoms with Gasteiger partial charge in [0.15, 0.2) is 6.21 Å². The molecule has 1 aromatic carbocycles. The fourth-order valence-corrected chi connectivity index (χ4v) is 2.76. The van der Waals surface area contributed by atoms with Crippen molar-refractivity contribution in [3.63, 3.8) is 0 Å². The minimum Gasteiger partial charge on any atom is -0.286 e. The first-order chi connectivity index (χ1) is 8.54. The molecule has 18 heavy (non-hydrogen) atoms. The van der Waals surface area contributed by atoms with Gasteiger partial charge < -0.3 is 0 Å². The van der Waals surface area contributed by atoms with Gasteiger partial charge in [-0.2, -0.15) is 8.42 Å². The maximum absolute atomic E-state index is 10.6. The smallest absolute Gasteiger partial charge is 0.264 e. The summed E-state index contributed by atoms with van der Waals surface area (Å²) in [5, 5.41) is 0. The Labute approximate surface area is 108 Å². The molecule has 0 fully saturated rings. The van der Waals surface area contributed by atoms with Crippen LogP contribution < -0.4 is 0 Å². The zero-order valence-electron chi connectivity index (χ0n) is 10.2. The van der Waals surface area contributed by atoms with Gasteiger partial charge in [0.25, 0.3) is 10.1 Å². The molecule has 0 aliphatic carbocycles. The van der Waals surface area contributed by atoms with E-state index in [2.05, 4.69) is 29.0 Å². The van der Waals surface area contributed by atoms with Gasteiger partial charge in [-0.1, -0.05) is 18.2 Å². The van der Waals surface area contributed by atoms with E-state index in [0.717, 1.165) is 25.9 Å². The molecule has 1 aliphatic heterocycles. The minimum atomic E-state index is -3.80. The Kier molecular flexibility index (Phi) is 4.14. The highest BCUT2D eigenvalue weighted by Crippen LogP contribution is 2.11. The summed E-state index contributed by atoms with van der Waals surface area (Å²) in [6.45, 7) is 1.81. The molecule has 0 aromatic heterocycles. The molecule has 1 N–H and O–H groups in total. The first kappa shape index (κ1) is 13.2. The van der Waals surface area contributed by atoms with Crippen molar-refractivity contribution in [1.82, 2.24) is 0 Å². The molecule has 0 saturated carbocycles. The number of benzene rings is 1. The highest BCUT2D eigenvalue weighted by atomic mass is 32.2. The van der Waals surface area contributed by atoms with Crippen LogP contribution in [-0.2, 0) is 16.5 Å². The van der Waals surface area contributed by atoms with Crippen LogP contribution in [0.2, 0.25) is 0 Å². The molecule has 4 nitrogen and oxygen atoms in total. The van der Waals surface area contributed by atoms with Crippen molar-refractivity contribution < 1.29 is 17.5 Å². The Morgan fingerprint density at radius 2 is 2.00 bits per heavy atom. The number of fused-ring (bicyclic) bond motifs is 1. The molecule has 1 aromatic rings. The summed E-state index contributed by atoms with van der Waals surface area (Å²) in [4.78, 5) is 0. The summed E-state index contributed by atoms with van der Waals surface area (Å²) in [5.74, 6) is -0.141. The molecule has 5 heteroatoms. The molecule has 1 heterocycles. The molecular weight excluding hydrogens is 250 g/mol. The lowest BCUT2D eigenvalue weighted by Gasteiger charge is -2.11. The van der Waals surface area contributed by atoms with Crippen LogP contribution in [0.25, 0.3) is 0 Å². The standard InChI is InChI=1S/C13H17NO3S/c15-18(16,17)10-4-3-8-14-9-7-12-5-1-2-6-13(12)11-14/h1-2,5-6,11H,3-4,7-10H2/p+1. The summed E-state index contributed by atoms with van der Waals surface area (Å²) in [5.41, 5.74) is 2.62. The first-order valence-corrected chi connectivity index (χ1v) is 7.77. The lowest BCUT2D eigenvalue weighted by Crippen LogP contribution is -2.23. The molecule has 0 saturated heterocycles. The Hall–Kier alpha value is -1.20. The molecule has 0 radical (unpaired) electrons. The first-order valence-electron chi connectivity index (χ1n) is 6.16. The van der Waals surface area contributed by atoms with Gasteiger partial charge in [-0.15, -0.1) is 0 Å². The molecule has 0 unspecified atom stereocenters. The van der Waals surface area contributed by atoms with Crippen LogP contribution in [0, 0.1) is 0 Å². The SMILES string of the molecule is O=S(=O)(O)CCCC[N+]1=Cc2ccccc2CC1. The average molecular weight is 268 g/mol. The third-order valence-corrected chi connectivity index (χ3v) is 3.95. The van der Waals surface area contributed by atoms with Gasteiger partial charge in [-0.25, -0.2) is 4.58 Å². The van der Waals surface area contributed by atoms with Crippen molar-refractivity contribution in [2.24, 2.45) is 0 Å². The summed E-state index contributed by atoms with van der Waals surface area (Å²) in [7, 11) is -3.80. The van der Waals surface area contributed by atoms with Crippen LogP contribution in [-0.4, -0.2) is 42.6 Å². The molecule has 1 aliphatic rings. The van der Waals surface area contributed by atoms with Crippen molar-refractivity contribution in [3.8, 4) is 0 Å². The van der Waals surface area contributed by atoms with Crippen molar-refractivity contribution >= 4 is 16.3 Å². The number of rotatable bonds is 5. The van der Waals surface area contributed by atoms with Gasteiger partial charge in [-0.05, 0) is 18.1 Å². The zero-order chi connectivity index (χ0) is 13.0. The number of nitrogens with zero attached hydrogens (tertiary/aromatic N) is 1. The minimum absolute atomic E-state index is 0.141. The van der Waals surface area contributed by atoms with E-state index < -0.39 is 10.1 Å². The predicted octanol–water partition coefficient (Wildman–Crippen LogP) is 1.34. The number of hydrogen-bond acceptors (Lipinski definition) is 2. The van der Waals surface area contributed by atoms with E-state index in [9.17, 15) is 8.42 Å². The number of hydrogen-bond donors (Lipinski definition) is 1. The highest BCUT2D eigenvalue weighted by molar-refractivity contribution is 7.85. The fraction of sp³-hybridized carbons (Fsp3) is 0.462. The maximum Gasteiger partial charge on any atom is 0.264 e. The third kappa shape index (κ3) is 3.92. The van der Waals surface area contributed by atoms with Gasteiger partial charge in [0.05, 0.1) is 5.75 Å². The Bertz CT molecular complexity index is 549. The summed E-state index contributed by atoms with van der Waals surface area (Å²) in [6, 6.07) is 8.31. The van der Waals surface area contributed by atoms with Gasteiger partial charge in [0, 0.05) is 18.4 Å². The lowest BCUT2D eigenvalue weighted by molar-refractivity contribution is -0.524. The molecule has 98 valence electrons. The number of unbranched alkanes of at least 4 members (excludes halogenated alkanes) is 1. The second-order valence-corrected chi connectivity index (χ2v) is 6.18. The molecule has 2 rings (SSSR count). The van der Waals surface area contributed by atoms with Crippen LogP contribution in [0.5, 0.6) is 0 Å². The lowest BCUT2D eigenvalue weighted by atomic mass is 10.0. The van der Waals surface area contributed by atoms with E-state index in [0.29, 0.717) is 6.42 Å². The van der Waals surface area contributed by atoms with E-state index in [1.54, 1.807) is 0 Å². The third-order valence-electron chi connectivity index (χ3n) is 3.14. The topological polar surface area (TPSA) is 57.4 Å². The summed E-state index contributed by atoms with van der Waals surface area (Å²) in [6.07, 6.45) is 4.44. The maximum atomic E-state index is 10.6. The van der Waals surface area contributed by atoms with E-state index in [4.69, 9.17) is 4.55 Å². The molecule has 0 spiro atoms. The average Bonchev–Trinajstić information content (AvgIpc) is 2.33. The van der Waals surface area contributed by atoms with Gasteiger partial charge >= 0.3 is 0 Å². The van der Waals surface area contributed by atoms with E-state index in [1.807, 2.05) is 6.07 Å². The Morgan fingerprint density at radius 3 is 2.78 bits per heavy atom. The van der Waals surface area contributed by atoms with Crippen molar-refractivity contribution in [3.05, 3.63) is 35.4 Å². The summed E-state index contributed by atoms with van der Waals surface area (Å²) >= 11 is 0. The molecule has 0 atom stereocenters.